The molecule has 1 amide bonds. The number of rotatable bonds is 5. The Balaban J connectivity index is 2.13. The summed E-state index contributed by atoms with van der Waals surface area (Å²) in [6.45, 7) is 3.56. The second-order valence-corrected chi connectivity index (χ2v) is 4.21. The molecule has 0 aromatic rings. The van der Waals surface area contributed by atoms with Crippen LogP contribution in [0.4, 0.5) is 0 Å². The summed E-state index contributed by atoms with van der Waals surface area (Å²) in [5, 5.41) is 11.1. The molecule has 0 unspecified atom stereocenters. The molecule has 5 nitrogen and oxygen atoms in total. The van der Waals surface area contributed by atoms with Crippen LogP contribution in [-0.4, -0.2) is 43.5 Å². The Morgan fingerprint density at radius 2 is 2.19 bits per heavy atom. The molecule has 0 saturated carbocycles. The topological polar surface area (TPSA) is 82.2 Å². The zero-order valence-electron chi connectivity index (χ0n) is 9.61. The Hall–Kier alpha value is -1.12. The smallest absolute Gasteiger partial charge is 0.234 e. The van der Waals surface area contributed by atoms with Gasteiger partial charge in [0, 0.05) is 6.54 Å². The van der Waals surface area contributed by atoms with Gasteiger partial charge in [-0.3, -0.25) is 9.69 Å². The van der Waals surface area contributed by atoms with Gasteiger partial charge < -0.3 is 11.1 Å². The maximum absolute atomic E-state index is 11.5. The zero-order valence-corrected chi connectivity index (χ0v) is 9.61. The van der Waals surface area contributed by atoms with Gasteiger partial charge in [0.2, 0.25) is 5.91 Å². The molecule has 0 bridgehead atoms. The van der Waals surface area contributed by atoms with E-state index in [-0.39, 0.29) is 5.91 Å². The van der Waals surface area contributed by atoms with Gasteiger partial charge in [0.1, 0.15) is 0 Å². The standard InChI is InChI=1S/C11H20N4O/c12-4-1-5-14-11(16)9-15-6-2-10(8-13)3-7-15/h10H,1-3,5-9,13H2,(H,14,16). The zero-order chi connectivity index (χ0) is 11.8. The van der Waals surface area contributed by atoms with Crippen LogP contribution >= 0.6 is 0 Å². The van der Waals surface area contributed by atoms with Crippen molar-refractivity contribution in [2.24, 2.45) is 11.7 Å². The number of amides is 1. The molecule has 5 heteroatoms. The molecular weight excluding hydrogens is 204 g/mol. The third kappa shape index (κ3) is 4.60. The van der Waals surface area contributed by atoms with Crippen LogP contribution in [0.15, 0.2) is 0 Å². The number of nitrogens with zero attached hydrogens (tertiary/aromatic N) is 2. The predicted octanol–water partition coefficient (Wildman–Crippen LogP) is -0.313. The molecule has 0 atom stereocenters. The summed E-state index contributed by atoms with van der Waals surface area (Å²) in [4.78, 5) is 13.6. The molecular formula is C11H20N4O. The van der Waals surface area contributed by atoms with Crippen molar-refractivity contribution >= 4 is 5.91 Å². The average molecular weight is 224 g/mol. The fraction of sp³-hybridized carbons (Fsp3) is 0.818. The minimum atomic E-state index is 0.0152. The highest BCUT2D eigenvalue weighted by molar-refractivity contribution is 5.78. The van der Waals surface area contributed by atoms with Gasteiger partial charge in [0.05, 0.1) is 19.0 Å². The quantitative estimate of drug-likeness (QED) is 0.627. The second-order valence-electron chi connectivity index (χ2n) is 4.21. The molecule has 0 aromatic heterocycles. The summed E-state index contributed by atoms with van der Waals surface area (Å²) < 4.78 is 0. The number of hydrogen-bond acceptors (Lipinski definition) is 4. The second kappa shape index (κ2) is 7.20. The monoisotopic (exact) mass is 224 g/mol. The van der Waals surface area contributed by atoms with E-state index in [1.807, 2.05) is 6.07 Å². The minimum absolute atomic E-state index is 0.0152. The van der Waals surface area contributed by atoms with Gasteiger partial charge >= 0.3 is 0 Å². The van der Waals surface area contributed by atoms with Crippen molar-refractivity contribution in [1.82, 2.24) is 10.2 Å². The molecule has 1 aliphatic rings. The van der Waals surface area contributed by atoms with Gasteiger partial charge in [0.25, 0.3) is 0 Å². The maximum atomic E-state index is 11.5. The Kier molecular flexibility index (Phi) is 5.83. The normalized spacial score (nSPS) is 18.0. The van der Waals surface area contributed by atoms with Crippen molar-refractivity contribution in [3.8, 4) is 6.07 Å². The molecule has 1 saturated heterocycles. The van der Waals surface area contributed by atoms with Gasteiger partial charge in [-0.05, 0) is 38.4 Å². The minimum Gasteiger partial charge on any atom is -0.354 e. The number of carbonyl (C=O) groups excluding carboxylic acids is 1. The summed E-state index contributed by atoms with van der Waals surface area (Å²) in [7, 11) is 0. The number of nitrogens with one attached hydrogen (secondary N) is 1. The molecule has 16 heavy (non-hydrogen) atoms. The van der Waals surface area contributed by atoms with Gasteiger partial charge in [-0.1, -0.05) is 0 Å². The SMILES string of the molecule is N#CCCNC(=O)CN1CCC(CN)CC1. The number of nitrogens with two attached hydrogens (primary N) is 1. The number of carbonyl (C=O) groups is 1. The van der Waals surface area contributed by atoms with E-state index >= 15 is 0 Å². The van der Waals surface area contributed by atoms with Crippen LogP contribution in [0.5, 0.6) is 0 Å². The fourth-order valence-corrected chi connectivity index (χ4v) is 1.90. The summed E-state index contributed by atoms with van der Waals surface area (Å²) >= 11 is 0. The lowest BCUT2D eigenvalue weighted by Gasteiger charge is -2.30. The largest absolute Gasteiger partial charge is 0.354 e. The van der Waals surface area contributed by atoms with Crippen LogP contribution in [0.1, 0.15) is 19.3 Å². The van der Waals surface area contributed by atoms with E-state index in [0.717, 1.165) is 32.5 Å². The molecule has 0 radical (unpaired) electrons. The van der Waals surface area contributed by atoms with E-state index < -0.39 is 0 Å². The van der Waals surface area contributed by atoms with E-state index in [4.69, 9.17) is 11.0 Å². The van der Waals surface area contributed by atoms with Gasteiger partial charge in [-0.25, -0.2) is 0 Å². The number of nitriles is 1. The molecule has 0 aromatic carbocycles. The van der Waals surface area contributed by atoms with E-state index in [9.17, 15) is 4.79 Å². The molecule has 1 aliphatic heterocycles. The van der Waals surface area contributed by atoms with Crippen molar-refractivity contribution in [3.05, 3.63) is 0 Å². The van der Waals surface area contributed by atoms with Crippen molar-refractivity contribution < 1.29 is 4.79 Å². The fourth-order valence-electron chi connectivity index (χ4n) is 1.90. The van der Waals surface area contributed by atoms with Crippen LogP contribution in [0.3, 0.4) is 0 Å². The summed E-state index contributed by atoms with van der Waals surface area (Å²) in [5.41, 5.74) is 5.60. The average Bonchev–Trinajstić information content (AvgIpc) is 2.30. The van der Waals surface area contributed by atoms with Crippen LogP contribution in [0, 0.1) is 17.2 Å². The van der Waals surface area contributed by atoms with Crippen LogP contribution in [0.2, 0.25) is 0 Å². The Morgan fingerprint density at radius 3 is 2.75 bits per heavy atom. The molecule has 3 N–H and O–H groups in total. The van der Waals surface area contributed by atoms with Crippen LogP contribution < -0.4 is 11.1 Å². The first kappa shape index (κ1) is 12.9. The highest BCUT2D eigenvalue weighted by Gasteiger charge is 2.19. The maximum Gasteiger partial charge on any atom is 0.234 e. The lowest BCUT2D eigenvalue weighted by atomic mass is 9.97. The van der Waals surface area contributed by atoms with Crippen molar-refractivity contribution in [3.63, 3.8) is 0 Å². The number of piperidine rings is 1. The lowest BCUT2D eigenvalue weighted by Crippen LogP contribution is -2.42. The van der Waals surface area contributed by atoms with Crippen LogP contribution in [-0.2, 0) is 4.79 Å². The summed E-state index contributed by atoms with van der Waals surface area (Å²) in [6, 6.07) is 2.00. The first-order valence-electron chi connectivity index (χ1n) is 5.82. The molecule has 1 fully saturated rings. The lowest BCUT2D eigenvalue weighted by molar-refractivity contribution is -0.122. The number of hydrogen-bond donors (Lipinski definition) is 2. The first-order chi connectivity index (χ1) is 7.76. The molecule has 0 aliphatic carbocycles. The molecule has 90 valence electrons. The molecule has 1 rings (SSSR count). The van der Waals surface area contributed by atoms with Crippen LogP contribution in [0.25, 0.3) is 0 Å². The predicted molar refractivity (Wildman–Crippen MR) is 61.5 cm³/mol. The van der Waals surface area contributed by atoms with Crippen molar-refractivity contribution in [1.29, 1.82) is 5.26 Å². The van der Waals surface area contributed by atoms with E-state index in [0.29, 0.717) is 25.4 Å². The Bertz CT molecular complexity index is 253. The summed E-state index contributed by atoms with van der Waals surface area (Å²) in [6.07, 6.45) is 2.55. The van der Waals surface area contributed by atoms with Gasteiger partial charge in [-0.15, -0.1) is 0 Å². The third-order valence-corrected chi connectivity index (χ3v) is 2.97. The third-order valence-electron chi connectivity index (χ3n) is 2.97. The van der Waals surface area contributed by atoms with Crippen molar-refractivity contribution in [2.75, 3.05) is 32.7 Å². The molecule has 0 spiro atoms. The van der Waals surface area contributed by atoms with E-state index in [1.165, 1.54) is 0 Å². The molecule has 1 heterocycles. The van der Waals surface area contributed by atoms with Crippen molar-refractivity contribution in [2.45, 2.75) is 19.3 Å². The first-order valence-corrected chi connectivity index (χ1v) is 5.82. The van der Waals surface area contributed by atoms with E-state index in [2.05, 4.69) is 10.2 Å². The van der Waals surface area contributed by atoms with Gasteiger partial charge in [0.15, 0.2) is 0 Å². The number of likely N-dealkylation sites (tertiary alicyclic amines) is 1. The Morgan fingerprint density at radius 1 is 1.50 bits per heavy atom. The Labute approximate surface area is 96.6 Å². The van der Waals surface area contributed by atoms with E-state index in [1.54, 1.807) is 0 Å². The highest BCUT2D eigenvalue weighted by Crippen LogP contribution is 2.14. The summed E-state index contributed by atoms with van der Waals surface area (Å²) in [5.74, 6) is 0.638. The van der Waals surface area contributed by atoms with Gasteiger partial charge in [-0.2, -0.15) is 5.26 Å². The highest BCUT2D eigenvalue weighted by atomic mass is 16.2.